The summed E-state index contributed by atoms with van der Waals surface area (Å²) in [5.41, 5.74) is 0.959. The van der Waals surface area contributed by atoms with Gasteiger partial charge in [0.15, 0.2) is 0 Å². The van der Waals surface area contributed by atoms with E-state index in [1.807, 2.05) is 44.3 Å². The normalized spacial score (nSPS) is 12.2. The Bertz CT molecular complexity index is 588. The molecule has 0 fully saturated rings. The molecule has 0 aliphatic carbocycles. The predicted octanol–water partition coefficient (Wildman–Crippen LogP) is 4.27. The maximum Gasteiger partial charge on any atom is 0.137 e. The van der Waals surface area contributed by atoms with Gasteiger partial charge in [0.2, 0.25) is 0 Å². The molecule has 2 rings (SSSR count). The number of benzene rings is 2. The van der Waals surface area contributed by atoms with Crippen molar-refractivity contribution in [2.45, 2.75) is 22.8 Å². The molecule has 0 saturated heterocycles. The largest absolute Gasteiger partial charge is 0.497 e. The summed E-state index contributed by atoms with van der Waals surface area (Å²) in [6.07, 6.45) is 0. The van der Waals surface area contributed by atoms with Crippen molar-refractivity contribution in [1.29, 1.82) is 0 Å². The minimum absolute atomic E-state index is 0.0961. The molecule has 2 nitrogen and oxygen atoms in total. The van der Waals surface area contributed by atoms with Gasteiger partial charge in [-0.05, 0) is 43.8 Å². The van der Waals surface area contributed by atoms with Crippen molar-refractivity contribution in [3.8, 4) is 5.75 Å². The van der Waals surface area contributed by atoms with Gasteiger partial charge in [-0.15, -0.1) is 0 Å². The highest BCUT2D eigenvalue weighted by atomic mass is 32.2. The summed E-state index contributed by atoms with van der Waals surface area (Å²) in [7, 11) is 3.50. The predicted molar refractivity (Wildman–Crippen MR) is 81.0 cm³/mol. The van der Waals surface area contributed by atoms with Crippen molar-refractivity contribution in [1.82, 2.24) is 5.32 Å². The molecule has 1 atom stereocenters. The fourth-order valence-electron chi connectivity index (χ4n) is 1.91. The average Bonchev–Trinajstić information content (AvgIpc) is 2.48. The third-order valence-corrected chi connectivity index (χ3v) is 4.28. The Labute approximate surface area is 123 Å². The fraction of sp³-hybridized carbons (Fsp3) is 0.250. The summed E-state index contributed by atoms with van der Waals surface area (Å²) < 4.78 is 19.3. The highest BCUT2D eigenvalue weighted by molar-refractivity contribution is 7.99. The molecule has 0 radical (unpaired) electrons. The Morgan fingerprint density at radius 3 is 2.65 bits per heavy atom. The van der Waals surface area contributed by atoms with Crippen LogP contribution >= 0.6 is 11.8 Å². The molecule has 0 heterocycles. The first-order valence-corrected chi connectivity index (χ1v) is 7.25. The molecular weight excluding hydrogens is 273 g/mol. The zero-order chi connectivity index (χ0) is 14.5. The Hall–Kier alpha value is -1.52. The van der Waals surface area contributed by atoms with Crippen molar-refractivity contribution in [2.24, 2.45) is 0 Å². The van der Waals surface area contributed by atoms with Gasteiger partial charge in [-0.1, -0.05) is 30.0 Å². The van der Waals surface area contributed by atoms with Crippen molar-refractivity contribution in [3.63, 3.8) is 0 Å². The molecule has 0 spiro atoms. The van der Waals surface area contributed by atoms with Crippen LogP contribution in [0, 0.1) is 5.82 Å². The minimum atomic E-state index is -0.197. The summed E-state index contributed by atoms with van der Waals surface area (Å²) >= 11 is 1.42. The second kappa shape index (κ2) is 6.77. The van der Waals surface area contributed by atoms with Gasteiger partial charge in [-0.25, -0.2) is 4.39 Å². The second-order valence-corrected chi connectivity index (χ2v) is 5.53. The second-order valence-electron chi connectivity index (χ2n) is 4.45. The minimum Gasteiger partial charge on any atom is -0.497 e. The summed E-state index contributed by atoms with van der Waals surface area (Å²) in [6, 6.07) is 12.9. The zero-order valence-electron chi connectivity index (χ0n) is 11.8. The van der Waals surface area contributed by atoms with E-state index in [9.17, 15) is 4.39 Å². The van der Waals surface area contributed by atoms with E-state index in [-0.39, 0.29) is 11.9 Å². The van der Waals surface area contributed by atoms with Crippen molar-refractivity contribution >= 4 is 11.8 Å². The van der Waals surface area contributed by atoms with E-state index in [1.54, 1.807) is 13.2 Å². The molecule has 0 saturated carbocycles. The summed E-state index contributed by atoms with van der Waals surface area (Å²) in [6.45, 7) is 2.02. The van der Waals surface area contributed by atoms with E-state index in [1.165, 1.54) is 17.8 Å². The smallest absolute Gasteiger partial charge is 0.137 e. The van der Waals surface area contributed by atoms with Crippen LogP contribution in [0.25, 0.3) is 0 Å². The molecular formula is C16H18FNOS. The van der Waals surface area contributed by atoms with Crippen LogP contribution in [0.5, 0.6) is 5.75 Å². The maximum atomic E-state index is 14.1. The monoisotopic (exact) mass is 291 g/mol. The zero-order valence-corrected chi connectivity index (χ0v) is 12.6. The van der Waals surface area contributed by atoms with Gasteiger partial charge >= 0.3 is 0 Å². The lowest BCUT2D eigenvalue weighted by atomic mass is 10.1. The molecule has 106 valence electrons. The molecule has 0 bridgehead atoms. The number of hydrogen-bond acceptors (Lipinski definition) is 3. The van der Waals surface area contributed by atoms with Gasteiger partial charge in [0.25, 0.3) is 0 Å². The number of hydrogen-bond donors (Lipinski definition) is 1. The quantitative estimate of drug-likeness (QED) is 0.889. The van der Waals surface area contributed by atoms with E-state index < -0.39 is 0 Å². The highest BCUT2D eigenvalue weighted by Crippen LogP contribution is 2.36. The third kappa shape index (κ3) is 3.32. The molecule has 2 aromatic rings. The maximum absolute atomic E-state index is 14.1. The summed E-state index contributed by atoms with van der Waals surface area (Å²) in [5, 5.41) is 3.15. The van der Waals surface area contributed by atoms with E-state index in [0.717, 1.165) is 16.2 Å². The highest BCUT2D eigenvalue weighted by Gasteiger charge is 2.14. The van der Waals surface area contributed by atoms with Gasteiger partial charge in [0.05, 0.1) is 12.0 Å². The standard InChI is InChI=1S/C16H18FNOS/c1-11(18-2)14-8-5-9-15(17)16(14)20-13-7-4-6-12(10-13)19-3/h4-11,18H,1-3H3. The third-order valence-electron chi connectivity index (χ3n) is 3.16. The molecule has 20 heavy (non-hydrogen) atoms. The van der Waals surface area contributed by atoms with Gasteiger partial charge in [0, 0.05) is 10.9 Å². The SMILES string of the molecule is CNC(C)c1cccc(F)c1Sc1cccc(OC)c1. The summed E-state index contributed by atoms with van der Waals surface area (Å²) in [5.74, 6) is 0.576. The lowest BCUT2D eigenvalue weighted by molar-refractivity contribution is 0.413. The van der Waals surface area contributed by atoms with Crippen LogP contribution in [0.1, 0.15) is 18.5 Å². The molecule has 1 unspecified atom stereocenters. The first-order valence-electron chi connectivity index (χ1n) is 6.43. The topological polar surface area (TPSA) is 21.3 Å². The summed E-state index contributed by atoms with van der Waals surface area (Å²) in [4.78, 5) is 1.61. The van der Waals surface area contributed by atoms with Gasteiger partial charge < -0.3 is 10.1 Å². The molecule has 2 aromatic carbocycles. The van der Waals surface area contributed by atoms with Gasteiger partial charge in [0.1, 0.15) is 11.6 Å². The fourth-order valence-corrected chi connectivity index (χ4v) is 3.00. The molecule has 0 aliphatic heterocycles. The lowest BCUT2D eigenvalue weighted by Gasteiger charge is -2.16. The number of methoxy groups -OCH3 is 1. The average molecular weight is 291 g/mol. The Morgan fingerprint density at radius 2 is 1.95 bits per heavy atom. The van der Waals surface area contributed by atoms with Crippen LogP contribution in [-0.4, -0.2) is 14.2 Å². The van der Waals surface area contributed by atoms with Crippen molar-refractivity contribution < 1.29 is 9.13 Å². The van der Waals surface area contributed by atoms with E-state index >= 15 is 0 Å². The lowest BCUT2D eigenvalue weighted by Crippen LogP contribution is -2.13. The van der Waals surface area contributed by atoms with Crippen LogP contribution in [0.4, 0.5) is 4.39 Å². The van der Waals surface area contributed by atoms with Gasteiger partial charge in [-0.3, -0.25) is 0 Å². The molecule has 0 amide bonds. The molecule has 0 aromatic heterocycles. The van der Waals surface area contributed by atoms with Gasteiger partial charge in [-0.2, -0.15) is 0 Å². The number of halogens is 1. The molecule has 4 heteroatoms. The Morgan fingerprint density at radius 1 is 1.20 bits per heavy atom. The van der Waals surface area contributed by atoms with E-state index in [0.29, 0.717) is 4.90 Å². The number of ether oxygens (including phenoxy) is 1. The Kier molecular flexibility index (Phi) is 5.04. The first-order chi connectivity index (χ1) is 9.65. The van der Waals surface area contributed by atoms with Crippen LogP contribution in [-0.2, 0) is 0 Å². The molecule has 0 aliphatic rings. The van der Waals surface area contributed by atoms with E-state index in [4.69, 9.17) is 4.74 Å². The van der Waals surface area contributed by atoms with Crippen molar-refractivity contribution in [2.75, 3.05) is 14.2 Å². The van der Waals surface area contributed by atoms with E-state index in [2.05, 4.69) is 5.32 Å². The van der Waals surface area contributed by atoms with Crippen LogP contribution in [0.3, 0.4) is 0 Å². The van der Waals surface area contributed by atoms with Crippen LogP contribution < -0.4 is 10.1 Å². The number of rotatable bonds is 5. The first kappa shape index (κ1) is 14.9. The van der Waals surface area contributed by atoms with Crippen molar-refractivity contribution in [3.05, 3.63) is 53.8 Å². The van der Waals surface area contributed by atoms with Crippen LogP contribution in [0.2, 0.25) is 0 Å². The number of nitrogens with one attached hydrogen (secondary N) is 1. The van der Waals surface area contributed by atoms with Crippen LogP contribution in [0.15, 0.2) is 52.3 Å². The Balaban J connectivity index is 2.37. The molecule has 1 N–H and O–H groups in total.